The number of phenolic OH excluding ortho intramolecular Hbond substituents is 1. The van der Waals surface area contributed by atoms with E-state index in [1.807, 2.05) is 0 Å². The van der Waals surface area contributed by atoms with E-state index in [4.69, 9.17) is 16.3 Å². The van der Waals surface area contributed by atoms with Crippen molar-refractivity contribution in [3.63, 3.8) is 0 Å². The Kier molecular flexibility index (Phi) is 2.62. The molecule has 0 aromatic heterocycles. The van der Waals surface area contributed by atoms with Gasteiger partial charge in [0.25, 0.3) is 0 Å². The first-order valence-corrected chi connectivity index (χ1v) is 4.04. The molecule has 1 rings (SSSR count). The van der Waals surface area contributed by atoms with E-state index < -0.39 is 0 Å². The van der Waals surface area contributed by atoms with E-state index in [2.05, 4.69) is 15.9 Å². The summed E-state index contributed by atoms with van der Waals surface area (Å²) in [5.41, 5.74) is 0. The van der Waals surface area contributed by atoms with Crippen molar-refractivity contribution in [1.29, 1.82) is 0 Å². The second-order valence-corrected chi connectivity index (χ2v) is 3.26. The number of benzene rings is 1. The zero-order valence-electron chi connectivity index (χ0n) is 5.77. The average Bonchev–Trinajstić information content (AvgIpc) is 1.96. The number of ether oxygens (including phenoxy) is 1. The van der Waals surface area contributed by atoms with E-state index in [1.54, 1.807) is 12.1 Å². The zero-order valence-corrected chi connectivity index (χ0v) is 8.11. The predicted molar refractivity (Wildman–Crippen MR) is 47.4 cm³/mol. The van der Waals surface area contributed by atoms with Crippen LogP contribution in [0.25, 0.3) is 0 Å². The molecule has 0 fully saturated rings. The quantitative estimate of drug-likeness (QED) is 0.814. The molecule has 0 aliphatic heterocycles. The maximum absolute atomic E-state index is 9.24. The lowest BCUT2D eigenvalue weighted by atomic mass is 10.3. The summed E-state index contributed by atoms with van der Waals surface area (Å²) in [4.78, 5) is 0. The minimum absolute atomic E-state index is 0.0302. The standard InChI is InChI=1S/C7H6BrClO2/c1-11-6-3-4(8)2-5(9)7(6)10/h2-3,10H,1H3. The minimum Gasteiger partial charge on any atom is -0.503 e. The summed E-state index contributed by atoms with van der Waals surface area (Å²) in [6.45, 7) is 0. The van der Waals surface area contributed by atoms with Crippen molar-refractivity contribution in [2.24, 2.45) is 0 Å². The fourth-order valence-corrected chi connectivity index (χ4v) is 1.48. The van der Waals surface area contributed by atoms with E-state index in [0.29, 0.717) is 5.75 Å². The van der Waals surface area contributed by atoms with E-state index in [1.165, 1.54) is 7.11 Å². The van der Waals surface area contributed by atoms with Crippen LogP contribution in [-0.4, -0.2) is 12.2 Å². The molecule has 0 aliphatic rings. The lowest BCUT2D eigenvalue weighted by Crippen LogP contribution is -1.83. The molecule has 0 amide bonds. The molecule has 0 radical (unpaired) electrons. The summed E-state index contributed by atoms with van der Waals surface area (Å²) in [5.74, 6) is 0.335. The molecular formula is C7H6BrClO2. The highest BCUT2D eigenvalue weighted by Gasteiger charge is 2.06. The van der Waals surface area contributed by atoms with Crippen LogP contribution in [0.5, 0.6) is 11.5 Å². The fourth-order valence-electron chi connectivity index (χ4n) is 0.698. The number of rotatable bonds is 1. The molecule has 0 unspecified atom stereocenters. The van der Waals surface area contributed by atoms with Gasteiger partial charge in [-0.05, 0) is 12.1 Å². The maximum atomic E-state index is 9.24. The molecule has 0 atom stereocenters. The lowest BCUT2D eigenvalue weighted by molar-refractivity contribution is 0.373. The normalized spacial score (nSPS) is 9.73. The molecular weight excluding hydrogens is 231 g/mol. The van der Waals surface area contributed by atoms with Gasteiger partial charge in [0, 0.05) is 4.47 Å². The average molecular weight is 237 g/mol. The number of halogens is 2. The maximum Gasteiger partial charge on any atom is 0.176 e. The van der Waals surface area contributed by atoms with Crippen LogP contribution in [0.3, 0.4) is 0 Å². The first-order chi connectivity index (χ1) is 5.15. The van der Waals surface area contributed by atoms with Crippen LogP contribution in [0.15, 0.2) is 16.6 Å². The highest BCUT2D eigenvalue weighted by molar-refractivity contribution is 9.10. The van der Waals surface area contributed by atoms with Crippen LogP contribution < -0.4 is 4.74 Å². The number of aromatic hydroxyl groups is 1. The molecule has 0 bridgehead atoms. The van der Waals surface area contributed by atoms with E-state index in [9.17, 15) is 5.11 Å². The molecule has 2 nitrogen and oxygen atoms in total. The van der Waals surface area contributed by atoms with Crippen molar-refractivity contribution in [1.82, 2.24) is 0 Å². The summed E-state index contributed by atoms with van der Waals surface area (Å²) < 4.78 is 5.62. The summed E-state index contributed by atoms with van der Waals surface area (Å²) in [6.07, 6.45) is 0. The third-order valence-electron chi connectivity index (χ3n) is 1.21. The molecule has 1 aromatic carbocycles. The van der Waals surface area contributed by atoms with Gasteiger partial charge in [-0.15, -0.1) is 0 Å². The van der Waals surface area contributed by atoms with Gasteiger partial charge in [0.15, 0.2) is 11.5 Å². The Morgan fingerprint density at radius 3 is 2.73 bits per heavy atom. The first-order valence-electron chi connectivity index (χ1n) is 2.87. The van der Waals surface area contributed by atoms with Crippen molar-refractivity contribution in [3.8, 4) is 11.5 Å². The van der Waals surface area contributed by atoms with Gasteiger partial charge < -0.3 is 9.84 Å². The Bertz CT molecular complexity index is 275. The van der Waals surface area contributed by atoms with Gasteiger partial charge >= 0.3 is 0 Å². The number of phenols is 1. The van der Waals surface area contributed by atoms with Crippen LogP contribution in [0.4, 0.5) is 0 Å². The van der Waals surface area contributed by atoms with Gasteiger partial charge in [0.2, 0.25) is 0 Å². The summed E-state index contributed by atoms with van der Waals surface area (Å²) in [5, 5.41) is 9.52. The first kappa shape index (κ1) is 8.68. The lowest BCUT2D eigenvalue weighted by Gasteiger charge is -2.04. The Morgan fingerprint density at radius 1 is 1.55 bits per heavy atom. The minimum atomic E-state index is -0.0302. The van der Waals surface area contributed by atoms with Crippen molar-refractivity contribution in [2.45, 2.75) is 0 Å². The fraction of sp³-hybridized carbons (Fsp3) is 0.143. The van der Waals surface area contributed by atoms with Gasteiger partial charge in [0.05, 0.1) is 12.1 Å². The van der Waals surface area contributed by atoms with Gasteiger partial charge in [-0.2, -0.15) is 0 Å². The van der Waals surface area contributed by atoms with Crippen molar-refractivity contribution >= 4 is 27.5 Å². The topological polar surface area (TPSA) is 29.5 Å². The van der Waals surface area contributed by atoms with Gasteiger partial charge in [-0.3, -0.25) is 0 Å². The van der Waals surface area contributed by atoms with Crippen molar-refractivity contribution < 1.29 is 9.84 Å². The summed E-state index contributed by atoms with van der Waals surface area (Å²) >= 11 is 8.85. The smallest absolute Gasteiger partial charge is 0.176 e. The number of methoxy groups -OCH3 is 1. The Hall–Kier alpha value is -0.410. The van der Waals surface area contributed by atoms with Crippen LogP contribution >= 0.6 is 27.5 Å². The largest absolute Gasteiger partial charge is 0.503 e. The Balaban J connectivity index is 3.24. The third-order valence-corrected chi connectivity index (χ3v) is 1.96. The van der Waals surface area contributed by atoms with Crippen LogP contribution in [0.2, 0.25) is 5.02 Å². The van der Waals surface area contributed by atoms with Crippen LogP contribution in [0.1, 0.15) is 0 Å². The van der Waals surface area contributed by atoms with Gasteiger partial charge in [-0.1, -0.05) is 27.5 Å². The predicted octanol–water partition coefficient (Wildman–Crippen LogP) is 2.82. The van der Waals surface area contributed by atoms with Crippen molar-refractivity contribution in [2.75, 3.05) is 7.11 Å². The molecule has 0 aliphatic carbocycles. The molecule has 0 heterocycles. The highest BCUT2D eigenvalue weighted by atomic mass is 79.9. The number of hydrogen-bond donors (Lipinski definition) is 1. The highest BCUT2D eigenvalue weighted by Crippen LogP contribution is 2.36. The van der Waals surface area contributed by atoms with Gasteiger partial charge in [-0.25, -0.2) is 0 Å². The molecule has 4 heteroatoms. The van der Waals surface area contributed by atoms with Crippen LogP contribution in [-0.2, 0) is 0 Å². The van der Waals surface area contributed by atoms with E-state index in [-0.39, 0.29) is 10.8 Å². The van der Waals surface area contributed by atoms with Crippen LogP contribution in [0, 0.1) is 0 Å². The van der Waals surface area contributed by atoms with Crippen molar-refractivity contribution in [3.05, 3.63) is 21.6 Å². The molecule has 1 aromatic rings. The van der Waals surface area contributed by atoms with E-state index in [0.717, 1.165) is 4.47 Å². The molecule has 0 spiro atoms. The second-order valence-electron chi connectivity index (χ2n) is 1.94. The van der Waals surface area contributed by atoms with E-state index >= 15 is 0 Å². The Morgan fingerprint density at radius 2 is 2.18 bits per heavy atom. The summed E-state index contributed by atoms with van der Waals surface area (Å²) in [7, 11) is 1.47. The molecule has 0 saturated carbocycles. The van der Waals surface area contributed by atoms with Gasteiger partial charge in [0.1, 0.15) is 0 Å². The monoisotopic (exact) mass is 236 g/mol. The molecule has 60 valence electrons. The second kappa shape index (κ2) is 3.32. The molecule has 0 saturated heterocycles. The Labute approximate surface area is 77.9 Å². The zero-order chi connectivity index (χ0) is 8.43. The number of hydrogen-bond acceptors (Lipinski definition) is 2. The third kappa shape index (κ3) is 1.79. The molecule has 1 N–H and O–H groups in total. The SMILES string of the molecule is COc1cc(Br)cc(Cl)c1O. The summed E-state index contributed by atoms with van der Waals surface area (Å²) in [6, 6.07) is 3.24. The molecule has 11 heavy (non-hydrogen) atoms.